The first-order valence-electron chi connectivity index (χ1n) is 7.02. The van der Waals surface area contributed by atoms with Gasteiger partial charge in [-0.05, 0) is 26.8 Å². The predicted octanol–water partition coefficient (Wildman–Crippen LogP) is 2.76. The fraction of sp³-hybridized carbons (Fsp3) is 0.294. The molecule has 5 nitrogen and oxygen atoms in total. The first-order valence-corrected chi connectivity index (χ1v) is 7.02. The van der Waals surface area contributed by atoms with Gasteiger partial charge in [-0.15, -0.1) is 0 Å². The maximum Gasteiger partial charge on any atom is 0.205 e. The van der Waals surface area contributed by atoms with Gasteiger partial charge >= 0.3 is 0 Å². The molecular weight excluding hydrogens is 280 g/mol. The maximum absolute atomic E-state index is 12.1. The van der Waals surface area contributed by atoms with Crippen molar-refractivity contribution in [3.8, 4) is 11.8 Å². The van der Waals surface area contributed by atoms with Gasteiger partial charge in [0, 0.05) is 11.1 Å². The van der Waals surface area contributed by atoms with Gasteiger partial charge in [0.2, 0.25) is 5.88 Å². The third-order valence-corrected chi connectivity index (χ3v) is 3.51. The Morgan fingerprint density at radius 3 is 2.73 bits per heavy atom. The SMILES string of the molecule is CCOc1ccccc1C1C(C#N)=C(N)OC(C)=C1C(C)=O. The summed E-state index contributed by atoms with van der Waals surface area (Å²) in [5, 5.41) is 9.46. The summed E-state index contributed by atoms with van der Waals surface area (Å²) in [4.78, 5) is 12.1. The number of nitriles is 1. The lowest BCUT2D eigenvalue weighted by Crippen LogP contribution is -2.23. The number of ketones is 1. The topological polar surface area (TPSA) is 85.3 Å². The summed E-state index contributed by atoms with van der Waals surface area (Å²) in [6, 6.07) is 9.39. The summed E-state index contributed by atoms with van der Waals surface area (Å²) < 4.78 is 11.0. The number of hydrogen-bond donors (Lipinski definition) is 1. The molecule has 0 bridgehead atoms. The predicted molar refractivity (Wildman–Crippen MR) is 81.6 cm³/mol. The van der Waals surface area contributed by atoms with E-state index in [9.17, 15) is 10.1 Å². The zero-order valence-corrected chi connectivity index (χ0v) is 12.8. The van der Waals surface area contributed by atoms with Gasteiger partial charge in [0.25, 0.3) is 0 Å². The number of benzene rings is 1. The zero-order chi connectivity index (χ0) is 16.3. The number of nitrogens with two attached hydrogens (primary N) is 1. The van der Waals surface area contributed by atoms with Gasteiger partial charge < -0.3 is 15.2 Å². The molecule has 1 unspecified atom stereocenters. The molecule has 0 saturated carbocycles. The summed E-state index contributed by atoms with van der Waals surface area (Å²) in [6.45, 7) is 5.49. The number of para-hydroxylation sites is 1. The van der Waals surface area contributed by atoms with E-state index in [1.54, 1.807) is 6.92 Å². The van der Waals surface area contributed by atoms with E-state index in [2.05, 4.69) is 6.07 Å². The van der Waals surface area contributed by atoms with Crippen LogP contribution in [0.5, 0.6) is 5.75 Å². The summed E-state index contributed by atoms with van der Waals surface area (Å²) in [5.41, 5.74) is 7.23. The Kier molecular flexibility index (Phi) is 4.52. The van der Waals surface area contributed by atoms with Crippen LogP contribution in [0.1, 0.15) is 32.3 Å². The van der Waals surface area contributed by atoms with Crippen molar-refractivity contribution in [1.82, 2.24) is 0 Å². The summed E-state index contributed by atoms with van der Waals surface area (Å²) in [5.74, 6) is 0.346. The Morgan fingerprint density at radius 2 is 2.14 bits per heavy atom. The third-order valence-electron chi connectivity index (χ3n) is 3.51. The van der Waals surface area contributed by atoms with Gasteiger partial charge in [-0.1, -0.05) is 18.2 Å². The normalized spacial score (nSPS) is 17.8. The molecule has 0 amide bonds. The van der Waals surface area contributed by atoms with Crippen molar-refractivity contribution >= 4 is 5.78 Å². The van der Waals surface area contributed by atoms with E-state index in [1.807, 2.05) is 31.2 Å². The van der Waals surface area contributed by atoms with Crippen molar-refractivity contribution in [1.29, 1.82) is 5.26 Å². The first kappa shape index (κ1) is 15.6. The smallest absolute Gasteiger partial charge is 0.205 e. The molecule has 0 spiro atoms. The van der Waals surface area contributed by atoms with Crippen molar-refractivity contribution < 1.29 is 14.3 Å². The van der Waals surface area contributed by atoms with Crippen LogP contribution in [0.3, 0.4) is 0 Å². The fourth-order valence-electron chi connectivity index (χ4n) is 2.65. The van der Waals surface area contributed by atoms with Crippen LogP contribution in [-0.4, -0.2) is 12.4 Å². The highest BCUT2D eigenvalue weighted by atomic mass is 16.5. The van der Waals surface area contributed by atoms with E-state index in [0.29, 0.717) is 23.7 Å². The number of Topliss-reactive ketones (excluding diaryl/α,β-unsaturated/α-hetero) is 1. The molecule has 5 heteroatoms. The van der Waals surface area contributed by atoms with E-state index in [1.165, 1.54) is 6.92 Å². The van der Waals surface area contributed by atoms with Crippen LogP contribution in [-0.2, 0) is 9.53 Å². The third kappa shape index (κ3) is 2.68. The molecule has 1 aromatic carbocycles. The van der Waals surface area contributed by atoms with Crippen LogP contribution in [0.25, 0.3) is 0 Å². The Balaban J connectivity index is 2.69. The Labute approximate surface area is 129 Å². The van der Waals surface area contributed by atoms with Crippen LogP contribution < -0.4 is 10.5 Å². The lowest BCUT2D eigenvalue weighted by Gasteiger charge is -2.27. The van der Waals surface area contributed by atoms with E-state index >= 15 is 0 Å². The van der Waals surface area contributed by atoms with Crippen molar-refractivity contribution in [2.75, 3.05) is 6.61 Å². The van der Waals surface area contributed by atoms with Crippen LogP contribution in [0.15, 0.2) is 47.1 Å². The molecule has 1 heterocycles. The lowest BCUT2D eigenvalue weighted by molar-refractivity contribution is -0.114. The lowest BCUT2D eigenvalue weighted by atomic mass is 9.81. The quantitative estimate of drug-likeness (QED) is 0.923. The highest BCUT2D eigenvalue weighted by molar-refractivity contribution is 5.97. The van der Waals surface area contributed by atoms with E-state index < -0.39 is 5.92 Å². The Hall–Kier alpha value is -2.74. The van der Waals surface area contributed by atoms with E-state index in [-0.39, 0.29) is 17.2 Å². The number of ether oxygens (including phenoxy) is 2. The zero-order valence-electron chi connectivity index (χ0n) is 12.8. The summed E-state index contributed by atoms with van der Waals surface area (Å²) in [6.07, 6.45) is 0. The average molecular weight is 298 g/mol. The fourth-order valence-corrected chi connectivity index (χ4v) is 2.65. The van der Waals surface area contributed by atoms with E-state index in [0.717, 1.165) is 5.56 Å². The van der Waals surface area contributed by atoms with Crippen molar-refractivity contribution in [2.45, 2.75) is 26.7 Å². The monoisotopic (exact) mass is 298 g/mol. The minimum Gasteiger partial charge on any atom is -0.494 e. The van der Waals surface area contributed by atoms with Gasteiger partial charge in [0.05, 0.1) is 12.5 Å². The molecule has 2 N–H and O–H groups in total. The van der Waals surface area contributed by atoms with Gasteiger partial charge in [0.1, 0.15) is 23.2 Å². The first-order chi connectivity index (χ1) is 10.5. The summed E-state index contributed by atoms with van der Waals surface area (Å²) in [7, 11) is 0. The second-order valence-corrected chi connectivity index (χ2v) is 4.92. The van der Waals surface area contributed by atoms with Gasteiger partial charge in [-0.3, -0.25) is 4.79 Å². The molecule has 1 aromatic rings. The molecule has 0 radical (unpaired) electrons. The van der Waals surface area contributed by atoms with Crippen molar-refractivity contribution in [2.24, 2.45) is 5.73 Å². The molecule has 0 fully saturated rings. The number of carbonyl (C=O) groups excluding carboxylic acids is 1. The van der Waals surface area contributed by atoms with Crippen LogP contribution in [0, 0.1) is 11.3 Å². The number of rotatable bonds is 4. The highest BCUT2D eigenvalue weighted by Crippen LogP contribution is 2.42. The Morgan fingerprint density at radius 1 is 1.45 bits per heavy atom. The molecule has 0 aromatic heterocycles. The number of carbonyl (C=O) groups is 1. The molecule has 0 saturated heterocycles. The van der Waals surface area contributed by atoms with Gasteiger partial charge in [-0.2, -0.15) is 5.26 Å². The molecule has 2 rings (SSSR count). The molecule has 1 aliphatic heterocycles. The maximum atomic E-state index is 12.1. The summed E-state index contributed by atoms with van der Waals surface area (Å²) >= 11 is 0. The Bertz CT molecular complexity index is 711. The van der Waals surface area contributed by atoms with Crippen LogP contribution in [0.2, 0.25) is 0 Å². The molecule has 114 valence electrons. The molecule has 1 atom stereocenters. The number of allylic oxidation sites excluding steroid dienone is 3. The molecule has 0 aliphatic carbocycles. The van der Waals surface area contributed by atoms with E-state index in [4.69, 9.17) is 15.2 Å². The second kappa shape index (κ2) is 6.35. The number of nitrogens with zero attached hydrogens (tertiary/aromatic N) is 1. The largest absolute Gasteiger partial charge is 0.494 e. The molecular formula is C17H18N2O3. The van der Waals surface area contributed by atoms with Gasteiger partial charge in [-0.25, -0.2) is 0 Å². The van der Waals surface area contributed by atoms with Crippen molar-refractivity contribution in [3.63, 3.8) is 0 Å². The average Bonchev–Trinajstić information content (AvgIpc) is 2.47. The molecule has 22 heavy (non-hydrogen) atoms. The van der Waals surface area contributed by atoms with Crippen LogP contribution in [0.4, 0.5) is 0 Å². The second-order valence-electron chi connectivity index (χ2n) is 4.92. The minimum absolute atomic E-state index is 0.0290. The standard InChI is InChI=1S/C17H18N2O3/c1-4-21-14-8-6-5-7-12(14)16-13(9-18)17(19)22-11(3)15(16)10(2)20/h5-8,16H,4,19H2,1-3H3. The minimum atomic E-state index is -0.570. The van der Waals surface area contributed by atoms with Crippen molar-refractivity contribution in [3.05, 3.63) is 52.6 Å². The number of hydrogen-bond acceptors (Lipinski definition) is 5. The molecule has 1 aliphatic rings. The van der Waals surface area contributed by atoms with Crippen LogP contribution >= 0.6 is 0 Å². The van der Waals surface area contributed by atoms with Gasteiger partial charge in [0.15, 0.2) is 5.78 Å². The highest BCUT2D eigenvalue weighted by Gasteiger charge is 2.35.